The third-order valence-corrected chi connectivity index (χ3v) is 4.03. The Bertz CT molecular complexity index is 468. The normalized spacial score (nSPS) is 11.5. The van der Waals surface area contributed by atoms with Gasteiger partial charge in [0.15, 0.2) is 11.6 Å². The second-order valence-electron chi connectivity index (χ2n) is 4.39. The van der Waals surface area contributed by atoms with Crippen molar-refractivity contribution in [3.05, 3.63) is 33.8 Å². The predicted molar refractivity (Wildman–Crippen MR) is 73.9 cm³/mol. The van der Waals surface area contributed by atoms with E-state index in [1.807, 2.05) is 13.8 Å². The number of hydrogen-bond donors (Lipinski definition) is 2. The molecule has 1 aromatic rings. The van der Waals surface area contributed by atoms with Gasteiger partial charge >= 0.3 is 0 Å². The lowest BCUT2D eigenvalue weighted by molar-refractivity contribution is 0.0894. The van der Waals surface area contributed by atoms with Gasteiger partial charge in [0.2, 0.25) is 0 Å². The van der Waals surface area contributed by atoms with Crippen LogP contribution in [0, 0.1) is 11.6 Å². The van der Waals surface area contributed by atoms with Gasteiger partial charge in [0, 0.05) is 11.0 Å². The van der Waals surface area contributed by atoms with Gasteiger partial charge in [-0.05, 0) is 40.9 Å². The lowest BCUT2D eigenvalue weighted by atomic mass is 9.92. The second kappa shape index (κ2) is 6.43. The minimum atomic E-state index is -1.06. The zero-order valence-electron chi connectivity index (χ0n) is 10.9. The van der Waals surface area contributed by atoms with Crippen LogP contribution in [0.15, 0.2) is 16.6 Å². The molecule has 0 aliphatic carbocycles. The maximum atomic E-state index is 13.2. The van der Waals surface area contributed by atoms with Gasteiger partial charge in [-0.25, -0.2) is 8.78 Å². The first-order valence-corrected chi connectivity index (χ1v) is 6.85. The second-order valence-corrected chi connectivity index (χ2v) is 5.25. The van der Waals surface area contributed by atoms with Gasteiger partial charge in [-0.15, -0.1) is 0 Å². The van der Waals surface area contributed by atoms with Crippen molar-refractivity contribution < 1.29 is 13.6 Å². The number of amides is 1. The van der Waals surface area contributed by atoms with Gasteiger partial charge in [0.1, 0.15) is 0 Å². The van der Waals surface area contributed by atoms with E-state index in [2.05, 4.69) is 21.2 Å². The molecule has 0 radical (unpaired) electrons. The van der Waals surface area contributed by atoms with Crippen LogP contribution < -0.4 is 11.1 Å². The highest BCUT2D eigenvalue weighted by atomic mass is 79.9. The molecule has 0 aliphatic heterocycles. The molecule has 0 fully saturated rings. The van der Waals surface area contributed by atoms with Gasteiger partial charge in [0.25, 0.3) is 5.91 Å². The van der Waals surface area contributed by atoms with Crippen LogP contribution in [0.1, 0.15) is 37.0 Å². The number of halogens is 3. The van der Waals surface area contributed by atoms with Crippen molar-refractivity contribution >= 4 is 21.8 Å². The van der Waals surface area contributed by atoms with Crippen LogP contribution in [-0.4, -0.2) is 18.0 Å². The lowest BCUT2D eigenvalue weighted by Gasteiger charge is -2.31. The van der Waals surface area contributed by atoms with Crippen LogP contribution in [-0.2, 0) is 0 Å². The largest absolute Gasteiger partial charge is 0.345 e. The Morgan fingerprint density at radius 1 is 1.32 bits per heavy atom. The van der Waals surface area contributed by atoms with Crippen molar-refractivity contribution in [1.82, 2.24) is 5.32 Å². The number of benzene rings is 1. The molecule has 0 unspecified atom stereocenters. The lowest BCUT2D eigenvalue weighted by Crippen LogP contribution is -2.52. The summed E-state index contributed by atoms with van der Waals surface area (Å²) in [6.45, 7) is 4.11. The van der Waals surface area contributed by atoms with Crippen LogP contribution in [0.3, 0.4) is 0 Å². The number of rotatable bonds is 5. The first-order chi connectivity index (χ1) is 8.89. The van der Waals surface area contributed by atoms with Crippen molar-refractivity contribution in [1.29, 1.82) is 0 Å². The SMILES string of the molecule is CCC(CC)(CN)NC(=O)c1cc(F)c(F)cc1Br. The third kappa shape index (κ3) is 3.51. The maximum absolute atomic E-state index is 13.2. The third-order valence-electron chi connectivity index (χ3n) is 3.38. The van der Waals surface area contributed by atoms with Gasteiger partial charge in [-0.3, -0.25) is 4.79 Å². The summed E-state index contributed by atoms with van der Waals surface area (Å²) in [5.74, 6) is -2.53. The monoisotopic (exact) mass is 334 g/mol. The number of nitrogens with one attached hydrogen (secondary N) is 1. The zero-order chi connectivity index (χ0) is 14.6. The van der Waals surface area contributed by atoms with Crippen molar-refractivity contribution in [2.75, 3.05) is 6.54 Å². The molecule has 3 nitrogen and oxygen atoms in total. The van der Waals surface area contributed by atoms with E-state index in [0.717, 1.165) is 12.1 Å². The Labute approximate surface area is 119 Å². The summed E-state index contributed by atoms with van der Waals surface area (Å²) in [5, 5.41) is 2.80. The molecule has 0 atom stereocenters. The van der Waals surface area contributed by atoms with Crippen LogP contribution in [0.2, 0.25) is 0 Å². The van der Waals surface area contributed by atoms with Crippen LogP contribution >= 0.6 is 15.9 Å². The number of nitrogens with two attached hydrogens (primary N) is 1. The van der Waals surface area contributed by atoms with Gasteiger partial charge in [-0.1, -0.05) is 13.8 Å². The van der Waals surface area contributed by atoms with E-state index in [0.29, 0.717) is 12.8 Å². The summed E-state index contributed by atoms with van der Waals surface area (Å²) in [5.41, 5.74) is 5.21. The van der Waals surface area contributed by atoms with Crippen molar-refractivity contribution in [3.8, 4) is 0 Å². The zero-order valence-corrected chi connectivity index (χ0v) is 12.5. The van der Waals surface area contributed by atoms with Crippen molar-refractivity contribution in [2.24, 2.45) is 5.73 Å². The molecule has 6 heteroatoms. The molecule has 0 saturated heterocycles. The molecule has 1 amide bonds. The van der Waals surface area contributed by atoms with Crippen LogP contribution in [0.25, 0.3) is 0 Å². The van der Waals surface area contributed by atoms with Crippen LogP contribution in [0.4, 0.5) is 8.78 Å². The topological polar surface area (TPSA) is 55.1 Å². The molecule has 3 N–H and O–H groups in total. The quantitative estimate of drug-likeness (QED) is 0.813. The van der Waals surface area contributed by atoms with Gasteiger partial charge in [-0.2, -0.15) is 0 Å². The fourth-order valence-corrected chi connectivity index (χ4v) is 2.27. The van der Waals surface area contributed by atoms with Gasteiger partial charge in [0.05, 0.1) is 11.1 Å². The van der Waals surface area contributed by atoms with E-state index >= 15 is 0 Å². The molecule has 0 bridgehead atoms. The highest BCUT2D eigenvalue weighted by Crippen LogP contribution is 2.22. The summed E-state index contributed by atoms with van der Waals surface area (Å²) in [4.78, 5) is 12.1. The molecule has 106 valence electrons. The van der Waals surface area contributed by atoms with E-state index in [1.165, 1.54) is 0 Å². The van der Waals surface area contributed by atoms with E-state index in [4.69, 9.17) is 5.73 Å². The minimum absolute atomic E-state index is 0.0543. The van der Waals surface area contributed by atoms with Gasteiger partial charge < -0.3 is 11.1 Å². The molecular weight excluding hydrogens is 318 g/mol. The predicted octanol–water partition coefficient (Wildman–Crippen LogP) is 2.97. The van der Waals surface area contributed by atoms with Crippen LogP contribution in [0.5, 0.6) is 0 Å². The van der Waals surface area contributed by atoms with E-state index in [1.54, 1.807) is 0 Å². The van der Waals surface area contributed by atoms with Crippen molar-refractivity contribution in [3.63, 3.8) is 0 Å². The minimum Gasteiger partial charge on any atom is -0.345 e. The molecule has 0 spiro atoms. The fraction of sp³-hybridized carbons (Fsp3) is 0.462. The first-order valence-electron chi connectivity index (χ1n) is 6.06. The number of hydrogen-bond acceptors (Lipinski definition) is 2. The summed E-state index contributed by atoms with van der Waals surface area (Å²) in [6.07, 6.45) is 1.32. The van der Waals surface area contributed by atoms with E-state index in [-0.39, 0.29) is 16.6 Å². The Kier molecular flexibility index (Phi) is 5.43. The molecule has 1 rings (SSSR count). The highest BCUT2D eigenvalue weighted by Gasteiger charge is 2.28. The first kappa shape index (κ1) is 16.0. The Morgan fingerprint density at radius 2 is 1.84 bits per heavy atom. The van der Waals surface area contributed by atoms with E-state index < -0.39 is 23.1 Å². The fourth-order valence-electron chi connectivity index (χ4n) is 1.77. The Hall–Kier alpha value is -1.01. The average molecular weight is 335 g/mol. The summed E-state index contributed by atoms with van der Waals surface area (Å²) < 4.78 is 26.4. The number of carbonyl (C=O) groups excluding carboxylic acids is 1. The highest BCUT2D eigenvalue weighted by molar-refractivity contribution is 9.10. The Balaban J connectivity index is 3.04. The standard InChI is InChI=1S/C13H17BrF2N2O/c1-3-13(4-2,7-17)18-12(19)8-5-10(15)11(16)6-9(8)14/h5-6H,3-4,7,17H2,1-2H3,(H,18,19). The summed E-state index contributed by atoms with van der Waals surface area (Å²) in [6, 6.07) is 1.81. The smallest absolute Gasteiger partial charge is 0.253 e. The number of carbonyl (C=O) groups is 1. The summed E-state index contributed by atoms with van der Waals surface area (Å²) in [7, 11) is 0. The maximum Gasteiger partial charge on any atom is 0.253 e. The average Bonchev–Trinajstić information content (AvgIpc) is 2.40. The molecule has 0 heterocycles. The molecule has 0 saturated carbocycles. The molecule has 1 aromatic carbocycles. The molecule has 19 heavy (non-hydrogen) atoms. The van der Waals surface area contributed by atoms with Crippen molar-refractivity contribution in [2.45, 2.75) is 32.2 Å². The molecular formula is C13H17BrF2N2O. The molecule has 0 aromatic heterocycles. The van der Waals surface area contributed by atoms with E-state index in [9.17, 15) is 13.6 Å². The summed E-state index contributed by atoms with van der Waals surface area (Å²) >= 11 is 3.06. The molecule has 0 aliphatic rings. The Morgan fingerprint density at radius 3 is 2.32 bits per heavy atom.